The summed E-state index contributed by atoms with van der Waals surface area (Å²) in [6.45, 7) is 1.79. The van der Waals surface area contributed by atoms with Gasteiger partial charge in [-0.15, -0.1) is 0 Å². The molecule has 7 nitrogen and oxygen atoms in total. The average Bonchev–Trinajstić information content (AvgIpc) is 2.72. The summed E-state index contributed by atoms with van der Waals surface area (Å²) in [4.78, 5) is 13.3. The number of benzene rings is 2. The zero-order valence-corrected chi connectivity index (χ0v) is 18.5. The van der Waals surface area contributed by atoms with Gasteiger partial charge in [0.25, 0.3) is 5.91 Å². The summed E-state index contributed by atoms with van der Waals surface area (Å²) in [6, 6.07) is 9.91. The van der Waals surface area contributed by atoms with Gasteiger partial charge in [-0.25, -0.2) is 0 Å². The van der Waals surface area contributed by atoms with Crippen molar-refractivity contribution in [3.05, 3.63) is 58.3 Å². The number of nitrogens with one attached hydrogen (secondary N) is 3. The number of carbonyl (C=O) groups is 1. The second-order valence-corrected chi connectivity index (χ2v) is 7.30. The summed E-state index contributed by atoms with van der Waals surface area (Å²) in [5, 5.41) is 9.93. The minimum absolute atomic E-state index is 0.342. The molecule has 1 atom stereocenters. The van der Waals surface area contributed by atoms with E-state index in [0.29, 0.717) is 49.9 Å². The van der Waals surface area contributed by atoms with E-state index in [-0.39, 0.29) is 5.91 Å². The van der Waals surface area contributed by atoms with Gasteiger partial charge in [0.1, 0.15) is 5.75 Å². The Bertz CT molecular complexity index is 1030. The number of rotatable bonds is 6. The Morgan fingerprint density at radius 1 is 1.10 bits per heavy atom. The molecule has 0 spiro atoms. The molecule has 9 heteroatoms. The summed E-state index contributed by atoms with van der Waals surface area (Å²) >= 11 is 11.4. The normalized spacial score (nSPS) is 15.8. The highest BCUT2D eigenvalue weighted by molar-refractivity contribution is 7.80. The zero-order valence-electron chi connectivity index (χ0n) is 17.0. The number of ether oxygens (including phenoxy) is 3. The molecule has 3 rings (SSSR count). The lowest BCUT2D eigenvalue weighted by Crippen LogP contribution is -2.45. The molecule has 30 heavy (non-hydrogen) atoms. The lowest BCUT2D eigenvalue weighted by atomic mass is 9.93. The fourth-order valence-corrected chi connectivity index (χ4v) is 3.78. The topological polar surface area (TPSA) is 80.9 Å². The van der Waals surface area contributed by atoms with E-state index in [4.69, 9.17) is 38.0 Å². The number of amides is 1. The van der Waals surface area contributed by atoms with Gasteiger partial charge in [0.05, 0.1) is 38.6 Å². The maximum atomic E-state index is 13.3. The fraction of sp³-hybridized carbons (Fsp3) is 0.238. The number of halogens is 1. The van der Waals surface area contributed by atoms with E-state index in [2.05, 4.69) is 16.0 Å². The first-order chi connectivity index (χ1) is 14.4. The van der Waals surface area contributed by atoms with Gasteiger partial charge < -0.3 is 30.2 Å². The third-order valence-electron chi connectivity index (χ3n) is 4.67. The molecular formula is C21H22ClN3O4S. The van der Waals surface area contributed by atoms with Crippen LogP contribution >= 0.6 is 23.8 Å². The largest absolute Gasteiger partial charge is 0.495 e. The summed E-state index contributed by atoms with van der Waals surface area (Å²) in [5.41, 5.74) is 2.23. The Labute approximate surface area is 185 Å². The van der Waals surface area contributed by atoms with E-state index in [1.807, 2.05) is 12.1 Å². The molecule has 1 aliphatic rings. The smallest absolute Gasteiger partial charge is 0.255 e. The van der Waals surface area contributed by atoms with Crippen LogP contribution in [0.1, 0.15) is 18.5 Å². The van der Waals surface area contributed by atoms with Crippen molar-refractivity contribution in [2.45, 2.75) is 13.0 Å². The molecule has 0 saturated carbocycles. The molecule has 0 saturated heterocycles. The molecular weight excluding hydrogens is 426 g/mol. The number of thiocarbonyl (C=S) groups is 1. The molecule has 3 N–H and O–H groups in total. The minimum atomic E-state index is -0.561. The standard InChI is InChI=1S/C21H22ClN3O4S/c1-11-17(20(26)24-14-10-12(22)8-9-15(14)27-2)18(25-21(30)23-11)13-6-5-7-16(28-3)19(13)29-4/h5-10,18H,1-4H3,(H,24,26)(H2,23,25,30)/t18-/m1/s1. The van der Waals surface area contributed by atoms with Crippen LogP contribution in [-0.2, 0) is 4.79 Å². The Morgan fingerprint density at radius 2 is 1.83 bits per heavy atom. The SMILES string of the molecule is COc1ccc(Cl)cc1NC(=O)C1=C(C)NC(=S)N[C@@H]1c1cccc(OC)c1OC. The predicted molar refractivity (Wildman–Crippen MR) is 120 cm³/mol. The molecule has 1 aliphatic heterocycles. The molecule has 0 aromatic heterocycles. The second kappa shape index (κ2) is 9.23. The summed E-state index contributed by atoms with van der Waals surface area (Å²) in [5.74, 6) is 1.22. The average molecular weight is 448 g/mol. The lowest BCUT2D eigenvalue weighted by molar-refractivity contribution is -0.113. The molecule has 1 heterocycles. The van der Waals surface area contributed by atoms with E-state index < -0.39 is 6.04 Å². The molecule has 158 valence electrons. The first-order valence-electron chi connectivity index (χ1n) is 9.03. The van der Waals surface area contributed by atoms with Crippen LogP contribution in [0.3, 0.4) is 0 Å². The molecule has 0 radical (unpaired) electrons. The number of hydrogen-bond donors (Lipinski definition) is 3. The number of allylic oxidation sites excluding steroid dienone is 1. The Balaban J connectivity index is 2.05. The highest BCUT2D eigenvalue weighted by Gasteiger charge is 2.33. The van der Waals surface area contributed by atoms with Crippen LogP contribution in [0.4, 0.5) is 5.69 Å². The predicted octanol–water partition coefficient (Wildman–Crippen LogP) is 3.80. The van der Waals surface area contributed by atoms with Crippen LogP contribution in [0.5, 0.6) is 17.2 Å². The number of para-hydroxylation sites is 1. The lowest BCUT2D eigenvalue weighted by Gasteiger charge is -2.31. The highest BCUT2D eigenvalue weighted by atomic mass is 35.5. The Morgan fingerprint density at radius 3 is 2.50 bits per heavy atom. The number of methoxy groups -OCH3 is 3. The second-order valence-electron chi connectivity index (χ2n) is 6.45. The van der Waals surface area contributed by atoms with Crippen LogP contribution in [0.15, 0.2) is 47.7 Å². The zero-order chi connectivity index (χ0) is 21.8. The highest BCUT2D eigenvalue weighted by Crippen LogP contribution is 2.39. The van der Waals surface area contributed by atoms with E-state index in [9.17, 15) is 4.79 Å². The van der Waals surface area contributed by atoms with Crippen molar-refractivity contribution in [3.63, 3.8) is 0 Å². The first-order valence-corrected chi connectivity index (χ1v) is 9.82. The summed E-state index contributed by atoms with van der Waals surface area (Å²) in [6.07, 6.45) is 0. The Kier molecular flexibility index (Phi) is 6.69. The van der Waals surface area contributed by atoms with Crippen molar-refractivity contribution < 1.29 is 19.0 Å². The van der Waals surface area contributed by atoms with E-state index in [0.717, 1.165) is 0 Å². The number of hydrogen-bond acceptors (Lipinski definition) is 5. The van der Waals surface area contributed by atoms with Crippen molar-refractivity contribution in [2.24, 2.45) is 0 Å². The van der Waals surface area contributed by atoms with Gasteiger partial charge in [-0.2, -0.15) is 0 Å². The molecule has 0 unspecified atom stereocenters. The van der Waals surface area contributed by atoms with Gasteiger partial charge >= 0.3 is 0 Å². The molecule has 0 fully saturated rings. The minimum Gasteiger partial charge on any atom is -0.495 e. The Hall–Kier alpha value is -2.97. The van der Waals surface area contributed by atoms with Gasteiger partial charge in [0, 0.05) is 16.3 Å². The van der Waals surface area contributed by atoms with Crippen molar-refractivity contribution in [3.8, 4) is 17.2 Å². The van der Waals surface area contributed by atoms with Gasteiger partial charge in [-0.3, -0.25) is 4.79 Å². The van der Waals surface area contributed by atoms with Gasteiger partial charge in [-0.1, -0.05) is 23.7 Å². The van der Waals surface area contributed by atoms with E-state index in [1.165, 1.54) is 7.11 Å². The van der Waals surface area contributed by atoms with Gasteiger partial charge in [-0.05, 0) is 43.4 Å². The molecule has 2 aromatic carbocycles. The van der Waals surface area contributed by atoms with Crippen molar-refractivity contribution >= 4 is 40.5 Å². The number of anilines is 1. The van der Waals surface area contributed by atoms with E-state index >= 15 is 0 Å². The maximum Gasteiger partial charge on any atom is 0.255 e. The quantitative estimate of drug-likeness (QED) is 0.581. The van der Waals surface area contributed by atoms with Crippen LogP contribution < -0.4 is 30.2 Å². The first kappa shape index (κ1) is 21.7. The van der Waals surface area contributed by atoms with Gasteiger partial charge in [0.2, 0.25) is 0 Å². The fourth-order valence-electron chi connectivity index (χ4n) is 3.33. The number of carbonyl (C=O) groups excluding carboxylic acids is 1. The monoisotopic (exact) mass is 447 g/mol. The van der Waals surface area contributed by atoms with Crippen LogP contribution in [0, 0.1) is 0 Å². The van der Waals surface area contributed by atoms with E-state index in [1.54, 1.807) is 45.4 Å². The molecule has 0 aliphatic carbocycles. The van der Waals surface area contributed by atoms with Crippen LogP contribution in [-0.4, -0.2) is 32.3 Å². The third kappa shape index (κ3) is 4.29. The molecule has 0 bridgehead atoms. The van der Waals surface area contributed by atoms with Crippen LogP contribution in [0.25, 0.3) is 0 Å². The maximum absolute atomic E-state index is 13.3. The third-order valence-corrected chi connectivity index (χ3v) is 5.12. The molecule has 2 aromatic rings. The summed E-state index contributed by atoms with van der Waals surface area (Å²) in [7, 11) is 4.63. The van der Waals surface area contributed by atoms with Gasteiger partial charge in [0.15, 0.2) is 16.6 Å². The summed E-state index contributed by atoms with van der Waals surface area (Å²) < 4.78 is 16.3. The van der Waals surface area contributed by atoms with Crippen molar-refractivity contribution in [2.75, 3.05) is 26.6 Å². The van der Waals surface area contributed by atoms with Crippen molar-refractivity contribution in [1.82, 2.24) is 10.6 Å². The van der Waals surface area contributed by atoms with Crippen LogP contribution in [0.2, 0.25) is 5.02 Å². The van der Waals surface area contributed by atoms with Crippen molar-refractivity contribution in [1.29, 1.82) is 0 Å². The molecule has 1 amide bonds.